The number of carbonyl (C=O) groups excluding carboxylic acids is 2. The molecule has 0 aliphatic heterocycles. The smallest absolute Gasteiger partial charge is 0.412 e. The number of aromatic nitrogens is 3. The normalized spacial score (nSPS) is 11.3. The number of carbonyl (C=O) groups is 2. The SMILES string of the molecule is Cc1ccc(C)c(-n2c(C)nnc2SCC(=O)Nc2ccc(F)c(NC(=O)OC(C)(C)C)c2)c1. The van der Waals surface area contributed by atoms with Crippen LogP contribution in [-0.2, 0) is 9.53 Å². The summed E-state index contributed by atoms with van der Waals surface area (Å²) in [6.45, 7) is 11.0. The first-order chi connectivity index (χ1) is 15.9. The lowest BCUT2D eigenvalue weighted by atomic mass is 10.1. The van der Waals surface area contributed by atoms with Crippen LogP contribution in [0.1, 0.15) is 37.7 Å². The largest absolute Gasteiger partial charge is 0.444 e. The molecule has 0 spiro atoms. The summed E-state index contributed by atoms with van der Waals surface area (Å²) in [5.74, 6) is -0.175. The molecule has 0 fully saturated rings. The Morgan fingerprint density at radius 2 is 1.79 bits per heavy atom. The van der Waals surface area contributed by atoms with Crippen LogP contribution >= 0.6 is 11.8 Å². The van der Waals surface area contributed by atoms with Gasteiger partial charge in [-0.1, -0.05) is 23.9 Å². The summed E-state index contributed by atoms with van der Waals surface area (Å²) in [7, 11) is 0. The number of benzene rings is 2. The Labute approximate surface area is 202 Å². The molecule has 0 aliphatic carbocycles. The summed E-state index contributed by atoms with van der Waals surface area (Å²) in [6, 6.07) is 10.0. The van der Waals surface area contributed by atoms with Gasteiger partial charge in [-0.2, -0.15) is 0 Å². The van der Waals surface area contributed by atoms with Gasteiger partial charge in [-0.25, -0.2) is 9.18 Å². The number of halogens is 1. The second-order valence-electron chi connectivity index (χ2n) is 8.81. The third-order valence-corrected chi connectivity index (χ3v) is 5.55. The highest BCUT2D eigenvalue weighted by Crippen LogP contribution is 2.26. The van der Waals surface area contributed by atoms with Crippen LogP contribution in [-0.4, -0.2) is 38.1 Å². The van der Waals surface area contributed by atoms with Crippen LogP contribution < -0.4 is 10.6 Å². The van der Waals surface area contributed by atoms with Crippen LogP contribution in [0.5, 0.6) is 0 Å². The number of nitrogens with one attached hydrogen (secondary N) is 2. The summed E-state index contributed by atoms with van der Waals surface area (Å²) >= 11 is 1.24. The first-order valence-corrected chi connectivity index (χ1v) is 11.6. The molecular formula is C24H28FN5O3S. The molecule has 1 heterocycles. The molecule has 0 aliphatic rings. The first kappa shape index (κ1) is 25.2. The summed E-state index contributed by atoms with van der Waals surface area (Å²) in [5.41, 5.74) is 2.65. The van der Waals surface area contributed by atoms with Crippen molar-refractivity contribution >= 4 is 35.1 Å². The Balaban J connectivity index is 1.68. The third kappa shape index (κ3) is 6.57. The van der Waals surface area contributed by atoms with E-state index in [1.165, 1.54) is 23.9 Å². The van der Waals surface area contributed by atoms with Crippen molar-refractivity contribution in [1.82, 2.24) is 14.8 Å². The van der Waals surface area contributed by atoms with Crippen LogP contribution in [0.25, 0.3) is 5.69 Å². The number of nitrogens with zero attached hydrogens (tertiary/aromatic N) is 3. The molecule has 3 rings (SSSR count). The van der Waals surface area contributed by atoms with Gasteiger partial charge in [0.2, 0.25) is 5.91 Å². The van der Waals surface area contributed by atoms with E-state index >= 15 is 0 Å². The van der Waals surface area contributed by atoms with E-state index in [4.69, 9.17) is 4.74 Å². The van der Waals surface area contributed by atoms with Crippen molar-refractivity contribution in [2.24, 2.45) is 0 Å². The maximum absolute atomic E-state index is 14.1. The van der Waals surface area contributed by atoms with Gasteiger partial charge in [0.15, 0.2) is 5.16 Å². The molecule has 1 aromatic heterocycles. The van der Waals surface area contributed by atoms with E-state index in [0.717, 1.165) is 22.9 Å². The van der Waals surface area contributed by atoms with E-state index in [0.29, 0.717) is 16.7 Å². The van der Waals surface area contributed by atoms with Gasteiger partial charge in [0.1, 0.15) is 17.2 Å². The summed E-state index contributed by atoms with van der Waals surface area (Å²) < 4.78 is 21.2. The monoisotopic (exact) mass is 485 g/mol. The highest BCUT2D eigenvalue weighted by Gasteiger charge is 2.18. The molecule has 34 heavy (non-hydrogen) atoms. The van der Waals surface area contributed by atoms with Gasteiger partial charge in [-0.05, 0) is 76.9 Å². The predicted octanol–water partition coefficient (Wildman–Crippen LogP) is 5.41. The van der Waals surface area contributed by atoms with Gasteiger partial charge in [0, 0.05) is 5.69 Å². The Kier molecular flexibility index (Phi) is 7.61. The molecule has 0 bridgehead atoms. The molecule has 2 aromatic carbocycles. The average Bonchev–Trinajstić information content (AvgIpc) is 3.09. The minimum atomic E-state index is -0.786. The van der Waals surface area contributed by atoms with Crippen molar-refractivity contribution in [2.45, 2.75) is 52.3 Å². The molecule has 3 aromatic rings. The van der Waals surface area contributed by atoms with Crippen LogP contribution in [0.2, 0.25) is 0 Å². The number of hydrogen-bond acceptors (Lipinski definition) is 6. The lowest BCUT2D eigenvalue weighted by Gasteiger charge is -2.20. The van der Waals surface area contributed by atoms with Crippen molar-refractivity contribution in [2.75, 3.05) is 16.4 Å². The summed E-state index contributed by atoms with van der Waals surface area (Å²) in [5, 5.41) is 14.0. The number of amides is 2. The van der Waals surface area contributed by atoms with E-state index in [-0.39, 0.29) is 17.3 Å². The number of aryl methyl sites for hydroxylation is 3. The maximum Gasteiger partial charge on any atom is 0.412 e. The Bertz CT molecular complexity index is 1220. The maximum atomic E-state index is 14.1. The van der Waals surface area contributed by atoms with Gasteiger partial charge < -0.3 is 10.1 Å². The standard InChI is InChI=1S/C24H28FN5O3S/c1-14-7-8-15(2)20(11-14)30-16(3)28-29-22(30)34-13-21(31)26-17-9-10-18(25)19(12-17)27-23(32)33-24(4,5)6/h7-12H,13H2,1-6H3,(H,26,31)(H,27,32). The fourth-order valence-electron chi connectivity index (χ4n) is 3.11. The quantitative estimate of drug-likeness (QED) is 0.453. The van der Waals surface area contributed by atoms with Crippen molar-refractivity contribution in [1.29, 1.82) is 0 Å². The molecule has 10 heteroatoms. The zero-order valence-corrected chi connectivity index (χ0v) is 20.8. The molecule has 180 valence electrons. The van der Waals surface area contributed by atoms with E-state index < -0.39 is 17.5 Å². The number of hydrogen-bond donors (Lipinski definition) is 2. The van der Waals surface area contributed by atoms with E-state index in [1.807, 2.05) is 43.5 Å². The summed E-state index contributed by atoms with van der Waals surface area (Å²) in [4.78, 5) is 24.5. The van der Waals surface area contributed by atoms with E-state index in [9.17, 15) is 14.0 Å². The van der Waals surface area contributed by atoms with Crippen LogP contribution in [0.15, 0.2) is 41.6 Å². The minimum absolute atomic E-state index is 0.0647. The van der Waals surface area contributed by atoms with Crippen LogP contribution in [0.4, 0.5) is 20.6 Å². The van der Waals surface area contributed by atoms with Gasteiger partial charge >= 0.3 is 6.09 Å². The molecular weight excluding hydrogens is 457 g/mol. The van der Waals surface area contributed by atoms with Crippen molar-refractivity contribution in [3.63, 3.8) is 0 Å². The van der Waals surface area contributed by atoms with Gasteiger partial charge in [0.05, 0.1) is 17.1 Å². The highest BCUT2D eigenvalue weighted by molar-refractivity contribution is 7.99. The first-order valence-electron chi connectivity index (χ1n) is 10.6. The lowest BCUT2D eigenvalue weighted by molar-refractivity contribution is -0.113. The molecule has 2 N–H and O–H groups in total. The van der Waals surface area contributed by atoms with Gasteiger partial charge in [-0.15, -0.1) is 10.2 Å². The zero-order valence-electron chi connectivity index (χ0n) is 20.0. The lowest BCUT2D eigenvalue weighted by Crippen LogP contribution is -2.27. The molecule has 0 saturated heterocycles. The fraction of sp³-hybridized carbons (Fsp3) is 0.333. The Morgan fingerprint density at radius 1 is 1.06 bits per heavy atom. The predicted molar refractivity (Wildman–Crippen MR) is 131 cm³/mol. The van der Waals surface area contributed by atoms with E-state index in [1.54, 1.807) is 20.8 Å². The van der Waals surface area contributed by atoms with Crippen LogP contribution in [0, 0.1) is 26.6 Å². The number of rotatable bonds is 6. The Hall–Kier alpha value is -3.40. The minimum Gasteiger partial charge on any atom is -0.444 e. The van der Waals surface area contributed by atoms with Crippen molar-refractivity contribution < 1.29 is 18.7 Å². The fourth-order valence-corrected chi connectivity index (χ4v) is 3.90. The second-order valence-corrected chi connectivity index (χ2v) is 9.76. The van der Waals surface area contributed by atoms with Crippen LogP contribution in [0.3, 0.4) is 0 Å². The molecule has 0 radical (unpaired) electrons. The number of anilines is 2. The molecule has 0 atom stereocenters. The third-order valence-electron chi connectivity index (χ3n) is 4.62. The number of thioether (sulfide) groups is 1. The second kappa shape index (κ2) is 10.3. The topological polar surface area (TPSA) is 98.1 Å². The van der Waals surface area contributed by atoms with E-state index in [2.05, 4.69) is 20.8 Å². The van der Waals surface area contributed by atoms with Crippen molar-refractivity contribution in [3.8, 4) is 5.69 Å². The molecule has 2 amide bonds. The average molecular weight is 486 g/mol. The molecule has 0 saturated carbocycles. The number of ether oxygens (including phenoxy) is 1. The zero-order chi connectivity index (χ0) is 25.0. The van der Waals surface area contributed by atoms with Gasteiger partial charge in [-0.3, -0.25) is 14.7 Å². The van der Waals surface area contributed by atoms with Crippen molar-refractivity contribution in [3.05, 3.63) is 59.2 Å². The Morgan fingerprint density at radius 3 is 2.50 bits per heavy atom. The molecule has 0 unspecified atom stereocenters. The highest BCUT2D eigenvalue weighted by atomic mass is 32.2. The summed E-state index contributed by atoms with van der Waals surface area (Å²) in [6.07, 6.45) is -0.786. The van der Waals surface area contributed by atoms with Gasteiger partial charge in [0.25, 0.3) is 0 Å². The molecule has 8 nitrogen and oxygen atoms in total.